The minimum absolute atomic E-state index is 0. The molecule has 0 saturated heterocycles. The molecule has 0 unspecified atom stereocenters. The zero-order valence-corrected chi connectivity index (χ0v) is 12.1. The molecule has 2 aromatic heterocycles. The van der Waals surface area contributed by atoms with Crippen molar-refractivity contribution in [3.05, 3.63) is 23.7 Å². The highest BCUT2D eigenvalue weighted by atomic mass is 35.5. The van der Waals surface area contributed by atoms with E-state index in [4.69, 9.17) is 19.4 Å². The predicted octanol–water partition coefficient (Wildman–Crippen LogP) is 2.63. The molecule has 1 aliphatic carbocycles. The summed E-state index contributed by atoms with van der Waals surface area (Å²) in [5, 5.41) is 4.00. The van der Waals surface area contributed by atoms with Crippen molar-refractivity contribution in [3.63, 3.8) is 0 Å². The van der Waals surface area contributed by atoms with E-state index in [2.05, 4.69) is 10.1 Å². The van der Waals surface area contributed by atoms with Crippen LogP contribution in [0.3, 0.4) is 0 Å². The van der Waals surface area contributed by atoms with Gasteiger partial charge >= 0.3 is 0 Å². The van der Waals surface area contributed by atoms with Crippen molar-refractivity contribution in [2.45, 2.75) is 37.8 Å². The number of furan rings is 1. The lowest BCUT2D eigenvalue weighted by molar-refractivity contribution is 0.164. The van der Waals surface area contributed by atoms with Crippen LogP contribution in [0.25, 0.3) is 11.7 Å². The topological polar surface area (TPSA) is 87.3 Å². The van der Waals surface area contributed by atoms with Crippen molar-refractivity contribution in [1.82, 2.24) is 10.1 Å². The number of nitrogens with two attached hydrogens (primary N) is 1. The molecule has 2 aromatic rings. The van der Waals surface area contributed by atoms with E-state index in [1.54, 1.807) is 13.2 Å². The van der Waals surface area contributed by atoms with Crippen LogP contribution in [0, 0.1) is 0 Å². The second kappa shape index (κ2) is 5.95. The van der Waals surface area contributed by atoms with Gasteiger partial charge < -0.3 is 19.4 Å². The molecule has 0 aliphatic heterocycles. The summed E-state index contributed by atoms with van der Waals surface area (Å²) in [7, 11) is 1.62. The number of ether oxygens (including phenoxy) is 1. The molecular formula is C13H18ClN3O3. The Morgan fingerprint density at radius 2 is 2.10 bits per heavy atom. The van der Waals surface area contributed by atoms with E-state index in [1.165, 1.54) is 0 Å². The highest BCUT2D eigenvalue weighted by Crippen LogP contribution is 2.35. The minimum Gasteiger partial charge on any atom is -0.453 e. The number of aromatic nitrogens is 2. The molecule has 6 nitrogen and oxygen atoms in total. The lowest BCUT2D eigenvalue weighted by Crippen LogP contribution is -2.34. The molecule has 1 saturated carbocycles. The van der Waals surface area contributed by atoms with Gasteiger partial charge in [0, 0.05) is 7.11 Å². The van der Waals surface area contributed by atoms with Crippen LogP contribution in [-0.4, -0.2) is 17.3 Å². The third-order valence-corrected chi connectivity index (χ3v) is 3.53. The number of hydrogen-bond donors (Lipinski definition) is 1. The van der Waals surface area contributed by atoms with Crippen LogP contribution in [0.15, 0.2) is 21.1 Å². The average molecular weight is 300 g/mol. The molecule has 0 spiro atoms. The zero-order chi connectivity index (χ0) is 13.3. The van der Waals surface area contributed by atoms with E-state index >= 15 is 0 Å². The molecule has 2 heterocycles. The number of methoxy groups -OCH3 is 1. The molecule has 0 bridgehead atoms. The minimum atomic E-state index is -0.441. The first kappa shape index (κ1) is 15.0. The molecule has 0 atom stereocenters. The van der Waals surface area contributed by atoms with Gasteiger partial charge in [0.15, 0.2) is 11.6 Å². The molecule has 3 rings (SSSR count). The SMILES string of the molecule is COCc1ccc(-c2nc(C3(N)CCCC3)no2)o1.Cl. The summed E-state index contributed by atoms with van der Waals surface area (Å²) in [6.07, 6.45) is 4.02. The van der Waals surface area contributed by atoms with E-state index in [0.717, 1.165) is 31.4 Å². The maximum atomic E-state index is 6.29. The second-order valence-corrected chi connectivity index (χ2v) is 4.99. The highest BCUT2D eigenvalue weighted by Gasteiger charge is 2.36. The molecule has 1 fully saturated rings. The van der Waals surface area contributed by atoms with Crippen LogP contribution in [0.2, 0.25) is 0 Å². The van der Waals surface area contributed by atoms with Crippen LogP contribution in [0.5, 0.6) is 0 Å². The van der Waals surface area contributed by atoms with E-state index < -0.39 is 5.54 Å². The standard InChI is InChI=1S/C13H17N3O3.ClH/c1-17-8-9-4-5-10(18-9)11-15-12(16-19-11)13(14)6-2-3-7-13;/h4-5H,2-3,6-8,14H2,1H3;1H. The van der Waals surface area contributed by atoms with Gasteiger partial charge in [0.2, 0.25) is 0 Å². The molecule has 1 aliphatic rings. The lowest BCUT2D eigenvalue weighted by Gasteiger charge is -2.17. The summed E-state index contributed by atoms with van der Waals surface area (Å²) >= 11 is 0. The van der Waals surface area contributed by atoms with Crippen LogP contribution in [0.1, 0.15) is 37.3 Å². The number of nitrogens with zero attached hydrogens (tertiary/aromatic N) is 2. The molecule has 20 heavy (non-hydrogen) atoms. The first-order valence-corrected chi connectivity index (χ1v) is 6.42. The Labute approximate surface area is 123 Å². The van der Waals surface area contributed by atoms with E-state index in [0.29, 0.717) is 24.1 Å². The van der Waals surface area contributed by atoms with Gasteiger partial charge in [-0.3, -0.25) is 0 Å². The molecule has 110 valence electrons. The van der Waals surface area contributed by atoms with Gasteiger partial charge in [-0.2, -0.15) is 4.98 Å². The summed E-state index contributed by atoms with van der Waals surface area (Å²) in [5.41, 5.74) is 5.85. The number of hydrogen-bond acceptors (Lipinski definition) is 6. The van der Waals surface area contributed by atoms with Gasteiger partial charge in [-0.15, -0.1) is 12.4 Å². The zero-order valence-electron chi connectivity index (χ0n) is 11.3. The Morgan fingerprint density at radius 3 is 2.80 bits per heavy atom. The summed E-state index contributed by atoms with van der Waals surface area (Å²) in [6.45, 7) is 0.418. The smallest absolute Gasteiger partial charge is 0.293 e. The molecule has 0 amide bonds. The van der Waals surface area contributed by atoms with E-state index in [-0.39, 0.29) is 12.4 Å². The van der Waals surface area contributed by atoms with Gasteiger partial charge in [0.1, 0.15) is 12.4 Å². The maximum Gasteiger partial charge on any atom is 0.293 e. The Morgan fingerprint density at radius 1 is 1.35 bits per heavy atom. The second-order valence-electron chi connectivity index (χ2n) is 4.99. The third kappa shape index (κ3) is 2.72. The van der Waals surface area contributed by atoms with Crippen molar-refractivity contribution in [3.8, 4) is 11.7 Å². The van der Waals surface area contributed by atoms with Gasteiger partial charge in [0.25, 0.3) is 5.89 Å². The molecule has 7 heteroatoms. The van der Waals surface area contributed by atoms with Crippen molar-refractivity contribution >= 4 is 12.4 Å². The summed E-state index contributed by atoms with van der Waals surface area (Å²) < 4.78 is 15.8. The molecule has 0 aromatic carbocycles. The van der Waals surface area contributed by atoms with Crippen LogP contribution >= 0.6 is 12.4 Å². The predicted molar refractivity (Wildman–Crippen MR) is 74.3 cm³/mol. The van der Waals surface area contributed by atoms with Crippen LogP contribution in [-0.2, 0) is 16.9 Å². The maximum absolute atomic E-state index is 6.29. The molecular weight excluding hydrogens is 282 g/mol. The summed E-state index contributed by atoms with van der Waals surface area (Å²) in [5.74, 6) is 2.21. The fourth-order valence-electron chi connectivity index (χ4n) is 2.47. The third-order valence-electron chi connectivity index (χ3n) is 3.53. The fourth-order valence-corrected chi connectivity index (χ4v) is 2.47. The van der Waals surface area contributed by atoms with Gasteiger partial charge in [-0.05, 0) is 25.0 Å². The molecule has 2 N–H and O–H groups in total. The van der Waals surface area contributed by atoms with Crippen molar-refractivity contribution in [2.75, 3.05) is 7.11 Å². The van der Waals surface area contributed by atoms with Crippen LogP contribution < -0.4 is 5.73 Å². The van der Waals surface area contributed by atoms with E-state index in [1.807, 2.05) is 6.07 Å². The number of rotatable bonds is 4. The quantitative estimate of drug-likeness (QED) is 0.933. The highest BCUT2D eigenvalue weighted by molar-refractivity contribution is 5.85. The lowest BCUT2D eigenvalue weighted by atomic mass is 9.99. The number of halogens is 1. The van der Waals surface area contributed by atoms with Gasteiger partial charge in [-0.1, -0.05) is 18.0 Å². The van der Waals surface area contributed by atoms with Gasteiger partial charge in [-0.25, -0.2) is 0 Å². The summed E-state index contributed by atoms with van der Waals surface area (Å²) in [4.78, 5) is 4.37. The first-order chi connectivity index (χ1) is 9.21. The largest absolute Gasteiger partial charge is 0.453 e. The Kier molecular flexibility index (Phi) is 4.47. The van der Waals surface area contributed by atoms with E-state index in [9.17, 15) is 0 Å². The van der Waals surface area contributed by atoms with Crippen molar-refractivity contribution in [2.24, 2.45) is 5.73 Å². The Balaban J connectivity index is 0.00000147. The Hall–Kier alpha value is -1.37. The van der Waals surface area contributed by atoms with Gasteiger partial charge in [0.05, 0.1) is 5.54 Å². The average Bonchev–Trinajstić information content (AvgIpc) is 3.07. The monoisotopic (exact) mass is 299 g/mol. The fraction of sp³-hybridized carbons (Fsp3) is 0.538. The van der Waals surface area contributed by atoms with Crippen molar-refractivity contribution in [1.29, 1.82) is 0 Å². The van der Waals surface area contributed by atoms with Crippen LogP contribution in [0.4, 0.5) is 0 Å². The Bertz CT molecular complexity index is 561. The summed E-state index contributed by atoms with van der Waals surface area (Å²) in [6, 6.07) is 3.62. The normalized spacial score (nSPS) is 17.1. The van der Waals surface area contributed by atoms with Crippen molar-refractivity contribution < 1.29 is 13.7 Å². The molecule has 0 radical (unpaired) electrons. The first-order valence-electron chi connectivity index (χ1n) is 6.42.